The smallest absolute Gasteiger partial charge is 0.0615 e. The molecule has 0 fully saturated rings. The van der Waals surface area contributed by atoms with Gasteiger partial charge < -0.3 is 15.2 Å². The van der Waals surface area contributed by atoms with E-state index in [-0.39, 0.29) is 6.04 Å². The summed E-state index contributed by atoms with van der Waals surface area (Å²) in [7, 11) is 3.46. The summed E-state index contributed by atoms with van der Waals surface area (Å²) in [5, 5.41) is 0. The second-order valence-electron chi connectivity index (χ2n) is 4.35. The lowest BCUT2D eigenvalue weighted by Gasteiger charge is -2.36. The Morgan fingerprint density at radius 3 is 2.25 bits per heavy atom. The zero-order chi connectivity index (χ0) is 12.6. The van der Waals surface area contributed by atoms with Gasteiger partial charge in [0.15, 0.2) is 0 Å². The maximum absolute atomic E-state index is 6.10. The molecule has 3 atom stereocenters. The topological polar surface area (TPSA) is 47.7 Å². The average Bonchev–Trinajstić information content (AvgIpc) is 2.28. The second-order valence-corrected chi connectivity index (χ2v) is 4.35. The van der Waals surface area contributed by atoms with Crippen LogP contribution in [0.4, 0.5) is 0 Å². The molecule has 0 aromatic carbocycles. The molecule has 3 unspecified atom stereocenters. The van der Waals surface area contributed by atoms with Gasteiger partial charge in [-0.3, -0.25) is 4.90 Å². The van der Waals surface area contributed by atoms with E-state index in [2.05, 4.69) is 25.7 Å². The second kappa shape index (κ2) is 8.93. The molecule has 0 spiro atoms. The fourth-order valence-corrected chi connectivity index (χ4v) is 1.95. The zero-order valence-corrected chi connectivity index (χ0v) is 11.4. The van der Waals surface area contributed by atoms with Crippen LogP contribution in [0, 0.1) is 0 Å². The van der Waals surface area contributed by atoms with E-state index in [4.69, 9.17) is 15.2 Å². The van der Waals surface area contributed by atoms with Crippen molar-refractivity contribution in [1.82, 2.24) is 4.90 Å². The van der Waals surface area contributed by atoms with Gasteiger partial charge in [-0.05, 0) is 20.3 Å². The highest BCUT2D eigenvalue weighted by Crippen LogP contribution is 2.10. The number of hydrogen-bond donors (Lipinski definition) is 1. The largest absolute Gasteiger partial charge is 0.383 e. The molecule has 0 rings (SSSR count). The quantitative estimate of drug-likeness (QED) is 0.646. The van der Waals surface area contributed by atoms with E-state index >= 15 is 0 Å². The minimum atomic E-state index is 0.205. The van der Waals surface area contributed by atoms with Crippen molar-refractivity contribution in [3.05, 3.63) is 0 Å². The van der Waals surface area contributed by atoms with Crippen LogP contribution >= 0.6 is 0 Å². The first-order valence-electron chi connectivity index (χ1n) is 6.07. The van der Waals surface area contributed by atoms with Crippen molar-refractivity contribution in [3.8, 4) is 0 Å². The van der Waals surface area contributed by atoms with E-state index in [1.165, 1.54) is 0 Å². The van der Waals surface area contributed by atoms with Gasteiger partial charge in [0.05, 0.1) is 13.2 Å². The third kappa shape index (κ3) is 5.25. The summed E-state index contributed by atoms with van der Waals surface area (Å²) in [6.45, 7) is 8.82. The number of rotatable bonds is 9. The van der Waals surface area contributed by atoms with Gasteiger partial charge in [0.1, 0.15) is 0 Å². The summed E-state index contributed by atoms with van der Waals surface area (Å²) in [4.78, 5) is 2.36. The molecule has 0 aromatic heterocycles. The third-order valence-corrected chi connectivity index (χ3v) is 3.14. The Bertz CT molecular complexity index is 167. The Morgan fingerprint density at radius 2 is 1.81 bits per heavy atom. The van der Waals surface area contributed by atoms with Crippen LogP contribution in [0.25, 0.3) is 0 Å². The maximum Gasteiger partial charge on any atom is 0.0615 e. The Labute approximate surface area is 100 Å². The Kier molecular flexibility index (Phi) is 8.84. The van der Waals surface area contributed by atoms with E-state index in [1.54, 1.807) is 14.2 Å². The molecule has 0 saturated heterocycles. The van der Waals surface area contributed by atoms with Crippen LogP contribution in [0.3, 0.4) is 0 Å². The molecule has 0 amide bonds. The van der Waals surface area contributed by atoms with Gasteiger partial charge in [-0.2, -0.15) is 0 Å². The molecule has 98 valence electrons. The van der Waals surface area contributed by atoms with E-state index < -0.39 is 0 Å². The molecular weight excluding hydrogens is 204 g/mol. The number of nitrogens with two attached hydrogens (primary N) is 1. The summed E-state index contributed by atoms with van der Waals surface area (Å²) in [6.07, 6.45) is 0.990. The van der Waals surface area contributed by atoms with Crippen LogP contribution < -0.4 is 5.73 Å². The molecule has 0 heterocycles. The van der Waals surface area contributed by atoms with Crippen molar-refractivity contribution >= 4 is 0 Å². The highest BCUT2D eigenvalue weighted by atomic mass is 16.5. The molecule has 0 saturated carbocycles. The van der Waals surface area contributed by atoms with E-state index in [9.17, 15) is 0 Å². The van der Waals surface area contributed by atoms with Crippen LogP contribution in [0.2, 0.25) is 0 Å². The molecule has 2 N–H and O–H groups in total. The van der Waals surface area contributed by atoms with E-state index in [0.717, 1.165) is 26.2 Å². The minimum absolute atomic E-state index is 0.205. The molecule has 0 radical (unpaired) electrons. The molecule has 0 aromatic rings. The number of ether oxygens (including phenoxy) is 2. The van der Waals surface area contributed by atoms with Gasteiger partial charge in [0.2, 0.25) is 0 Å². The number of methoxy groups -OCH3 is 2. The monoisotopic (exact) mass is 232 g/mol. The predicted molar refractivity (Wildman–Crippen MR) is 67.6 cm³/mol. The van der Waals surface area contributed by atoms with Gasteiger partial charge in [-0.25, -0.2) is 0 Å². The highest BCUT2D eigenvalue weighted by Gasteiger charge is 2.23. The van der Waals surface area contributed by atoms with Crippen LogP contribution in [0.1, 0.15) is 27.2 Å². The summed E-state index contributed by atoms with van der Waals surface area (Å²) in [5.41, 5.74) is 6.10. The summed E-state index contributed by atoms with van der Waals surface area (Å²) >= 11 is 0. The standard InChI is InChI=1S/C12H28N2O2/c1-6-12(13)11(3)14(7-8-15-4)10(2)9-16-5/h10-12H,6-9,13H2,1-5H3. The van der Waals surface area contributed by atoms with Gasteiger partial charge >= 0.3 is 0 Å². The Morgan fingerprint density at radius 1 is 1.19 bits per heavy atom. The normalized spacial score (nSPS) is 17.4. The highest BCUT2D eigenvalue weighted by molar-refractivity contribution is 4.81. The van der Waals surface area contributed by atoms with E-state index in [1.807, 2.05) is 0 Å². The molecule has 0 bridgehead atoms. The lowest BCUT2D eigenvalue weighted by atomic mass is 10.1. The maximum atomic E-state index is 6.10. The van der Waals surface area contributed by atoms with Gasteiger partial charge in [-0.1, -0.05) is 6.92 Å². The van der Waals surface area contributed by atoms with Gasteiger partial charge in [0.25, 0.3) is 0 Å². The van der Waals surface area contributed by atoms with Crippen molar-refractivity contribution in [1.29, 1.82) is 0 Å². The van der Waals surface area contributed by atoms with Crippen LogP contribution in [0.15, 0.2) is 0 Å². The van der Waals surface area contributed by atoms with Gasteiger partial charge in [0, 0.05) is 38.9 Å². The molecule has 4 nitrogen and oxygen atoms in total. The Hall–Kier alpha value is -0.160. The lowest BCUT2D eigenvalue weighted by Crippen LogP contribution is -2.51. The molecular formula is C12H28N2O2. The first kappa shape index (κ1) is 15.8. The van der Waals surface area contributed by atoms with Crippen LogP contribution in [0.5, 0.6) is 0 Å². The average molecular weight is 232 g/mol. The lowest BCUT2D eigenvalue weighted by molar-refractivity contribution is 0.0441. The minimum Gasteiger partial charge on any atom is -0.383 e. The summed E-state index contributed by atoms with van der Waals surface area (Å²) in [5.74, 6) is 0. The van der Waals surface area contributed by atoms with Crippen LogP contribution in [-0.4, -0.2) is 57.0 Å². The molecule has 4 heteroatoms. The SMILES string of the molecule is CCC(N)C(C)N(CCOC)C(C)COC. The summed E-state index contributed by atoms with van der Waals surface area (Å²) < 4.78 is 10.3. The van der Waals surface area contributed by atoms with Crippen molar-refractivity contribution < 1.29 is 9.47 Å². The van der Waals surface area contributed by atoms with Gasteiger partial charge in [-0.15, -0.1) is 0 Å². The fraction of sp³-hybridized carbons (Fsp3) is 1.00. The molecule has 0 aliphatic heterocycles. The first-order chi connectivity index (χ1) is 7.58. The Balaban J connectivity index is 4.38. The fourth-order valence-electron chi connectivity index (χ4n) is 1.95. The first-order valence-corrected chi connectivity index (χ1v) is 6.07. The van der Waals surface area contributed by atoms with Crippen LogP contribution in [-0.2, 0) is 9.47 Å². The van der Waals surface area contributed by atoms with E-state index in [0.29, 0.717) is 12.1 Å². The summed E-state index contributed by atoms with van der Waals surface area (Å²) in [6, 6.07) is 0.925. The number of hydrogen-bond acceptors (Lipinski definition) is 4. The van der Waals surface area contributed by atoms with Crippen molar-refractivity contribution in [3.63, 3.8) is 0 Å². The molecule has 16 heavy (non-hydrogen) atoms. The molecule has 0 aliphatic rings. The zero-order valence-electron chi connectivity index (χ0n) is 11.4. The third-order valence-electron chi connectivity index (χ3n) is 3.14. The van der Waals surface area contributed by atoms with Crippen molar-refractivity contribution in [2.75, 3.05) is 34.0 Å². The van der Waals surface area contributed by atoms with Crippen molar-refractivity contribution in [2.24, 2.45) is 5.73 Å². The number of nitrogens with zero attached hydrogens (tertiary/aromatic N) is 1. The molecule has 0 aliphatic carbocycles. The predicted octanol–water partition coefficient (Wildman–Crippen LogP) is 1.10. The van der Waals surface area contributed by atoms with Crippen molar-refractivity contribution in [2.45, 2.75) is 45.3 Å².